The Morgan fingerprint density at radius 3 is 2.63 bits per heavy atom. The molecule has 0 spiro atoms. The number of fused-ring (bicyclic) bond motifs is 1. The fraction of sp³-hybridized carbons (Fsp3) is 0.208. The Balaban J connectivity index is 1.68. The predicted octanol–water partition coefficient (Wildman–Crippen LogP) is 5.09. The minimum atomic E-state index is -0.0121. The third kappa shape index (κ3) is 4.19. The summed E-state index contributed by atoms with van der Waals surface area (Å²) in [5.74, 6) is 0.806. The van der Waals surface area contributed by atoms with E-state index in [0.717, 1.165) is 38.4 Å². The normalized spacial score (nSPS) is 10.9. The van der Waals surface area contributed by atoms with Crippen LogP contribution in [0.5, 0.6) is 5.75 Å². The molecule has 0 bridgehead atoms. The van der Waals surface area contributed by atoms with E-state index in [1.165, 1.54) is 11.3 Å². The number of nitrogens with zero attached hydrogens (tertiary/aromatic N) is 3. The van der Waals surface area contributed by atoms with Gasteiger partial charge >= 0.3 is 0 Å². The van der Waals surface area contributed by atoms with Gasteiger partial charge in [-0.05, 0) is 54.8 Å². The molecule has 4 aromatic rings. The molecular weight excluding hydrogens is 394 g/mol. The zero-order valence-electron chi connectivity index (χ0n) is 17.3. The summed E-state index contributed by atoms with van der Waals surface area (Å²) in [6.07, 6.45) is 2.03. The molecule has 4 rings (SSSR count). The standard InChI is InChI=1S/C24H23N3O2S/c1-16-7-6-9-21-23(16)26-24(30-21)27(15-19-8-4-5-12-25-19)22(28)14-18-10-11-20(29-3)17(2)13-18/h4-13H,14-15H2,1-3H3. The molecule has 0 radical (unpaired) electrons. The molecule has 5 nitrogen and oxygen atoms in total. The zero-order valence-corrected chi connectivity index (χ0v) is 18.1. The average Bonchev–Trinajstić information content (AvgIpc) is 3.18. The second-order valence-electron chi connectivity index (χ2n) is 7.20. The van der Waals surface area contributed by atoms with Crippen LogP contribution in [0.3, 0.4) is 0 Å². The van der Waals surface area contributed by atoms with E-state index in [0.29, 0.717) is 11.7 Å². The second-order valence-corrected chi connectivity index (χ2v) is 8.21. The fourth-order valence-electron chi connectivity index (χ4n) is 3.43. The third-order valence-electron chi connectivity index (χ3n) is 5.00. The first-order valence-corrected chi connectivity index (χ1v) is 10.6. The van der Waals surface area contributed by atoms with Crippen LogP contribution in [0.25, 0.3) is 10.2 Å². The van der Waals surface area contributed by atoms with E-state index < -0.39 is 0 Å². The molecule has 0 aliphatic rings. The number of anilines is 1. The highest BCUT2D eigenvalue weighted by Gasteiger charge is 2.21. The first kappa shape index (κ1) is 20.0. The summed E-state index contributed by atoms with van der Waals surface area (Å²) in [5, 5.41) is 0.695. The summed E-state index contributed by atoms with van der Waals surface area (Å²) in [5.41, 5.74) is 4.83. The van der Waals surface area contributed by atoms with E-state index >= 15 is 0 Å². The summed E-state index contributed by atoms with van der Waals surface area (Å²) >= 11 is 1.53. The lowest BCUT2D eigenvalue weighted by Gasteiger charge is -2.20. The molecule has 1 amide bonds. The maximum Gasteiger partial charge on any atom is 0.233 e. The van der Waals surface area contributed by atoms with Gasteiger partial charge < -0.3 is 4.74 Å². The second kappa shape index (κ2) is 8.63. The summed E-state index contributed by atoms with van der Waals surface area (Å²) < 4.78 is 6.41. The number of thiazole rings is 1. The maximum atomic E-state index is 13.4. The number of hydrogen-bond donors (Lipinski definition) is 0. The van der Waals surface area contributed by atoms with Crippen LogP contribution in [0.2, 0.25) is 0 Å². The summed E-state index contributed by atoms with van der Waals surface area (Å²) in [4.78, 5) is 24.3. The van der Waals surface area contributed by atoms with Crippen LogP contribution in [0.1, 0.15) is 22.4 Å². The van der Waals surface area contributed by atoms with Gasteiger partial charge in [-0.2, -0.15) is 0 Å². The molecule has 0 aliphatic heterocycles. The molecule has 2 heterocycles. The molecule has 0 N–H and O–H groups in total. The number of rotatable bonds is 6. The zero-order chi connectivity index (χ0) is 21.1. The minimum absolute atomic E-state index is 0.0121. The molecule has 30 heavy (non-hydrogen) atoms. The van der Waals surface area contributed by atoms with Crippen molar-refractivity contribution in [1.29, 1.82) is 0 Å². The van der Waals surface area contributed by atoms with Crippen LogP contribution < -0.4 is 9.64 Å². The van der Waals surface area contributed by atoms with Crippen LogP contribution >= 0.6 is 11.3 Å². The first-order valence-electron chi connectivity index (χ1n) is 9.75. The number of aromatic nitrogens is 2. The van der Waals surface area contributed by atoms with Gasteiger partial charge in [-0.15, -0.1) is 0 Å². The third-order valence-corrected chi connectivity index (χ3v) is 6.05. The quantitative estimate of drug-likeness (QED) is 0.438. The van der Waals surface area contributed by atoms with Crippen LogP contribution in [0.15, 0.2) is 60.8 Å². The van der Waals surface area contributed by atoms with Crippen LogP contribution in [0.4, 0.5) is 5.13 Å². The molecule has 2 aromatic carbocycles. The van der Waals surface area contributed by atoms with Gasteiger partial charge in [-0.3, -0.25) is 14.7 Å². The topological polar surface area (TPSA) is 55.3 Å². The average molecular weight is 418 g/mol. The molecule has 152 valence electrons. The van der Waals surface area contributed by atoms with E-state index in [1.807, 2.05) is 68.4 Å². The number of benzene rings is 2. The summed E-state index contributed by atoms with van der Waals surface area (Å²) in [6.45, 7) is 4.40. The van der Waals surface area contributed by atoms with Gasteiger partial charge in [0.2, 0.25) is 5.91 Å². The van der Waals surface area contributed by atoms with Gasteiger partial charge in [0.15, 0.2) is 5.13 Å². The molecule has 6 heteroatoms. The number of amides is 1. The number of para-hydroxylation sites is 1. The first-order chi connectivity index (χ1) is 14.5. The summed E-state index contributed by atoms with van der Waals surface area (Å²) in [6, 6.07) is 17.7. The Bertz CT molecular complexity index is 1190. The largest absolute Gasteiger partial charge is 0.496 e. The molecule has 0 unspecified atom stereocenters. The summed E-state index contributed by atoms with van der Waals surface area (Å²) in [7, 11) is 1.65. The van der Waals surface area contributed by atoms with Crippen molar-refractivity contribution in [3.8, 4) is 5.75 Å². The fourth-order valence-corrected chi connectivity index (χ4v) is 4.49. The SMILES string of the molecule is COc1ccc(CC(=O)N(Cc2ccccn2)c2nc3c(C)cccc3s2)cc1C. The van der Waals surface area contributed by atoms with Crippen molar-refractivity contribution in [2.24, 2.45) is 0 Å². The Hall–Kier alpha value is -3.25. The van der Waals surface area contributed by atoms with Crippen molar-refractivity contribution in [1.82, 2.24) is 9.97 Å². The number of methoxy groups -OCH3 is 1. The minimum Gasteiger partial charge on any atom is -0.496 e. The van der Waals surface area contributed by atoms with Gasteiger partial charge in [0, 0.05) is 6.20 Å². The number of ether oxygens (including phenoxy) is 1. The van der Waals surface area contributed by atoms with Crippen LogP contribution in [-0.4, -0.2) is 23.0 Å². The molecular formula is C24H23N3O2S. The van der Waals surface area contributed by atoms with Crippen molar-refractivity contribution < 1.29 is 9.53 Å². The molecule has 0 aliphatic carbocycles. The Labute approximate surface area is 180 Å². The number of hydrogen-bond acceptors (Lipinski definition) is 5. The highest BCUT2D eigenvalue weighted by molar-refractivity contribution is 7.22. The van der Waals surface area contributed by atoms with Crippen molar-refractivity contribution in [2.45, 2.75) is 26.8 Å². The van der Waals surface area contributed by atoms with E-state index in [9.17, 15) is 4.79 Å². The van der Waals surface area contributed by atoms with E-state index in [2.05, 4.69) is 4.98 Å². The van der Waals surface area contributed by atoms with Crippen molar-refractivity contribution in [3.63, 3.8) is 0 Å². The van der Waals surface area contributed by atoms with Crippen molar-refractivity contribution >= 4 is 32.6 Å². The van der Waals surface area contributed by atoms with Gasteiger partial charge in [0.25, 0.3) is 0 Å². The molecule has 0 atom stereocenters. The molecule has 0 saturated carbocycles. The van der Waals surface area contributed by atoms with Crippen molar-refractivity contribution in [3.05, 3.63) is 83.2 Å². The van der Waals surface area contributed by atoms with E-state index in [4.69, 9.17) is 9.72 Å². The smallest absolute Gasteiger partial charge is 0.233 e. The molecule has 0 fully saturated rings. The molecule has 0 saturated heterocycles. The van der Waals surface area contributed by atoms with Gasteiger partial charge in [-0.1, -0.05) is 41.7 Å². The van der Waals surface area contributed by atoms with Gasteiger partial charge in [0.05, 0.1) is 36.0 Å². The Morgan fingerprint density at radius 1 is 1.07 bits per heavy atom. The van der Waals surface area contributed by atoms with Crippen LogP contribution in [-0.2, 0) is 17.8 Å². The van der Waals surface area contributed by atoms with Gasteiger partial charge in [-0.25, -0.2) is 4.98 Å². The van der Waals surface area contributed by atoms with E-state index in [-0.39, 0.29) is 12.3 Å². The number of pyridine rings is 1. The Kier molecular flexibility index (Phi) is 5.77. The van der Waals surface area contributed by atoms with Crippen molar-refractivity contribution in [2.75, 3.05) is 12.0 Å². The maximum absolute atomic E-state index is 13.4. The lowest BCUT2D eigenvalue weighted by atomic mass is 10.1. The number of carbonyl (C=O) groups excluding carboxylic acids is 1. The lowest BCUT2D eigenvalue weighted by Crippen LogP contribution is -2.32. The monoisotopic (exact) mass is 417 g/mol. The Morgan fingerprint density at radius 2 is 1.93 bits per heavy atom. The van der Waals surface area contributed by atoms with Gasteiger partial charge in [0.1, 0.15) is 5.75 Å². The predicted molar refractivity (Wildman–Crippen MR) is 121 cm³/mol. The van der Waals surface area contributed by atoms with E-state index in [1.54, 1.807) is 18.2 Å². The lowest BCUT2D eigenvalue weighted by molar-refractivity contribution is -0.118. The number of carbonyl (C=O) groups is 1. The number of aryl methyl sites for hydroxylation is 2. The highest BCUT2D eigenvalue weighted by atomic mass is 32.1. The highest BCUT2D eigenvalue weighted by Crippen LogP contribution is 2.32. The molecule has 2 aromatic heterocycles. The van der Waals surface area contributed by atoms with Crippen LogP contribution in [0, 0.1) is 13.8 Å².